The second kappa shape index (κ2) is 7.95. The number of anilines is 1. The molecule has 24 heavy (non-hydrogen) atoms. The molecule has 1 aliphatic heterocycles. The lowest BCUT2D eigenvalue weighted by Gasteiger charge is -2.30. The first-order chi connectivity index (χ1) is 11.7. The summed E-state index contributed by atoms with van der Waals surface area (Å²) in [6.45, 7) is 4.67. The van der Waals surface area contributed by atoms with Crippen molar-refractivity contribution in [1.82, 2.24) is 4.90 Å². The number of hydrogen-bond donors (Lipinski definition) is 1. The quantitative estimate of drug-likeness (QED) is 0.917. The average molecular weight is 326 g/mol. The van der Waals surface area contributed by atoms with E-state index >= 15 is 0 Å². The highest BCUT2D eigenvalue weighted by atomic mass is 16.5. The molecule has 1 amide bonds. The summed E-state index contributed by atoms with van der Waals surface area (Å²) in [5.41, 5.74) is 0.765. The first kappa shape index (κ1) is 16.5. The minimum absolute atomic E-state index is 0.0131. The van der Waals surface area contributed by atoms with Crippen molar-refractivity contribution in [3.05, 3.63) is 54.6 Å². The molecule has 1 heterocycles. The normalized spacial score (nSPS) is 18.1. The minimum atomic E-state index is -0.0131. The Labute approximate surface area is 142 Å². The maximum Gasteiger partial charge on any atom is 0.238 e. The van der Waals surface area contributed by atoms with Crippen LogP contribution < -0.4 is 10.1 Å². The molecule has 5 heteroatoms. The van der Waals surface area contributed by atoms with E-state index in [0.717, 1.165) is 30.3 Å². The van der Waals surface area contributed by atoms with E-state index in [0.29, 0.717) is 13.2 Å². The van der Waals surface area contributed by atoms with Crippen LogP contribution in [0.5, 0.6) is 11.5 Å². The van der Waals surface area contributed by atoms with Gasteiger partial charge in [-0.2, -0.15) is 0 Å². The van der Waals surface area contributed by atoms with Crippen molar-refractivity contribution in [3.63, 3.8) is 0 Å². The molecule has 5 nitrogen and oxygen atoms in total. The highest BCUT2D eigenvalue weighted by molar-refractivity contribution is 5.92. The van der Waals surface area contributed by atoms with Gasteiger partial charge in [-0.3, -0.25) is 9.69 Å². The summed E-state index contributed by atoms with van der Waals surface area (Å²) >= 11 is 0. The smallest absolute Gasteiger partial charge is 0.238 e. The van der Waals surface area contributed by atoms with Crippen LogP contribution >= 0.6 is 0 Å². The third-order valence-corrected chi connectivity index (χ3v) is 3.81. The van der Waals surface area contributed by atoms with E-state index in [1.807, 2.05) is 61.5 Å². The minimum Gasteiger partial charge on any atom is -0.457 e. The van der Waals surface area contributed by atoms with Gasteiger partial charge in [-0.15, -0.1) is 0 Å². The summed E-state index contributed by atoms with van der Waals surface area (Å²) in [6, 6.07) is 17.0. The number of para-hydroxylation sites is 1. The van der Waals surface area contributed by atoms with Crippen molar-refractivity contribution in [3.8, 4) is 11.5 Å². The molecule has 2 aromatic carbocycles. The van der Waals surface area contributed by atoms with Gasteiger partial charge in [0.05, 0.1) is 19.3 Å². The van der Waals surface area contributed by atoms with Crippen LogP contribution in [0.1, 0.15) is 6.92 Å². The molecule has 0 radical (unpaired) electrons. The van der Waals surface area contributed by atoms with Gasteiger partial charge in [0.15, 0.2) is 0 Å². The Hall–Kier alpha value is -2.37. The lowest BCUT2D eigenvalue weighted by molar-refractivity contribution is -0.119. The van der Waals surface area contributed by atoms with Crippen LogP contribution in [0, 0.1) is 0 Å². The summed E-state index contributed by atoms with van der Waals surface area (Å²) in [4.78, 5) is 14.2. The molecule has 0 spiro atoms. The fraction of sp³-hybridized carbons (Fsp3) is 0.316. The first-order valence-corrected chi connectivity index (χ1v) is 8.16. The number of benzene rings is 2. The SMILES string of the molecule is CC1CN(CC(=O)Nc2ccc(Oc3ccccc3)cc2)CCO1. The van der Waals surface area contributed by atoms with Crippen LogP contribution in [-0.2, 0) is 9.53 Å². The standard InChI is InChI=1S/C19H22N2O3/c1-15-13-21(11-12-23-15)14-19(22)20-16-7-9-18(10-8-16)24-17-5-3-2-4-6-17/h2-10,15H,11-14H2,1H3,(H,20,22). The number of carbonyl (C=O) groups is 1. The summed E-state index contributed by atoms with van der Waals surface area (Å²) in [7, 11) is 0. The number of rotatable bonds is 5. The van der Waals surface area contributed by atoms with Crippen molar-refractivity contribution < 1.29 is 14.3 Å². The van der Waals surface area contributed by atoms with Crippen molar-refractivity contribution in [2.45, 2.75) is 13.0 Å². The van der Waals surface area contributed by atoms with Crippen LogP contribution in [0.4, 0.5) is 5.69 Å². The van der Waals surface area contributed by atoms with E-state index in [2.05, 4.69) is 10.2 Å². The van der Waals surface area contributed by atoms with Gasteiger partial charge >= 0.3 is 0 Å². The number of morpholine rings is 1. The molecule has 126 valence electrons. The Morgan fingerprint density at radius 2 is 1.88 bits per heavy atom. The van der Waals surface area contributed by atoms with Gasteiger partial charge in [-0.25, -0.2) is 0 Å². The van der Waals surface area contributed by atoms with Crippen molar-refractivity contribution >= 4 is 11.6 Å². The number of nitrogens with zero attached hydrogens (tertiary/aromatic N) is 1. The van der Waals surface area contributed by atoms with Gasteiger partial charge in [-0.1, -0.05) is 18.2 Å². The third kappa shape index (κ3) is 4.81. The van der Waals surface area contributed by atoms with Gasteiger partial charge in [0, 0.05) is 18.8 Å². The number of amides is 1. The van der Waals surface area contributed by atoms with E-state index < -0.39 is 0 Å². The Bertz CT molecular complexity index is 658. The zero-order valence-corrected chi connectivity index (χ0v) is 13.8. The molecule has 0 saturated carbocycles. The molecule has 1 fully saturated rings. The number of hydrogen-bond acceptors (Lipinski definition) is 4. The van der Waals surface area contributed by atoms with Crippen LogP contribution in [0.2, 0.25) is 0 Å². The maximum atomic E-state index is 12.1. The van der Waals surface area contributed by atoms with E-state index in [1.54, 1.807) is 0 Å². The predicted molar refractivity (Wildman–Crippen MR) is 93.4 cm³/mol. The van der Waals surface area contributed by atoms with Gasteiger partial charge in [0.25, 0.3) is 0 Å². The summed E-state index contributed by atoms with van der Waals surface area (Å²) in [5, 5.41) is 2.92. The number of carbonyl (C=O) groups excluding carboxylic acids is 1. The van der Waals surface area contributed by atoms with Crippen molar-refractivity contribution in [2.24, 2.45) is 0 Å². The largest absolute Gasteiger partial charge is 0.457 e. The van der Waals surface area contributed by atoms with Crippen LogP contribution in [0.15, 0.2) is 54.6 Å². The molecule has 0 aliphatic carbocycles. The molecule has 0 aromatic heterocycles. The highest BCUT2D eigenvalue weighted by Crippen LogP contribution is 2.22. The van der Waals surface area contributed by atoms with Gasteiger partial charge < -0.3 is 14.8 Å². The lowest BCUT2D eigenvalue weighted by Crippen LogP contribution is -2.44. The monoisotopic (exact) mass is 326 g/mol. The van der Waals surface area contributed by atoms with Crippen LogP contribution in [-0.4, -0.2) is 43.2 Å². The zero-order valence-electron chi connectivity index (χ0n) is 13.8. The maximum absolute atomic E-state index is 12.1. The second-order valence-electron chi connectivity index (χ2n) is 5.90. The molecular formula is C19H22N2O3. The molecule has 1 aliphatic rings. The first-order valence-electron chi connectivity index (χ1n) is 8.16. The molecule has 0 bridgehead atoms. The zero-order chi connectivity index (χ0) is 16.8. The van der Waals surface area contributed by atoms with Crippen molar-refractivity contribution in [2.75, 3.05) is 31.6 Å². The Morgan fingerprint density at radius 3 is 2.58 bits per heavy atom. The van der Waals surface area contributed by atoms with E-state index in [4.69, 9.17) is 9.47 Å². The summed E-state index contributed by atoms with van der Waals surface area (Å²) < 4.78 is 11.2. The molecular weight excluding hydrogens is 304 g/mol. The molecule has 2 aromatic rings. The molecule has 1 saturated heterocycles. The number of nitrogens with one attached hydrogen (secondary N) is 1. The Morgan fingerprint density at radius 1 is 1.17 bits per heavy atom. The molecule has 1 atom stereocenters. The predicted octanol–water partition coefficient (Wildman–Crippen LogP) is 3.14. The van der Waals surface area contributed by atoms with E-state index in [-0.39, 0.29) is 12.0 Å². The third-order valence-electron chi connectivity index (χ3n) is 3.81. The second-order valence-corrected chi connectivity index (χ2v) is 5.90. The van der Waals surface area contributed by atoms with Crippen LogP contribution in [0.3, 0.4) is 0 Å². The van der Waals surface area contributed by atoms with E-state index in [9.17, 15) is 4.79 Å². The highest BCUT2D eigenvalue weighted by Gasteiger charge is 2.18. The molecule has 1 N–H and O–H groups in total. The fourth-order valence-corrected chi connectivity index (χ4v) is 2.67. The number of ether oxygens (including phenoxy) is 2. The van der Waals surface area contributed by atoms with Gasteiger partial charge in [0.2, 0.25) is 5.91 Å². The summed E-state index contributed by atoms with van der Waals surface area (Å²) in [5.74, 6) is 1.51. The van der Waals surface area contributed by atoms with Crippen LogP contribution in [0.25, 0.3) is 0 Å². The van der Waals surface area contributed by atoms with Gasteiger partial charge in [-0.05, 0) is 43.3 Å². The molecule has 1 unspecified atom stereocenters. The Balaban J connectivity index is 1.51. The van der Waals surface area contributed by atoms with Crippen molar-refractivity contribution in [1.29, 1.82) is 0 Å². The topological polar surface area (TPSA) is 50.8 Å². The van der Waals surface area contributed by atoms with Gasteiger partial charge in [0.1, 0.15) is 11.5 Å². The molecule has 3 rings (SSSR count). The lowest BCUT2D eigenvalue weighted by atomic mass is 10.2. The van der Waals surface area contributed by atoms with E-state index in [1.165, 1.54) is 0 Å². The Kier molecular flexibility index (Phi) is 5.46. The summed E-state index contributed by atoms with van der Waals surface area (Å²) in [6.07, 6.45) is 0.181. The fourth-order valence-electron chi connectivity index (χ4n) is 2.67. The average Bonchev–Trinajstić information content (AvgIpc) is 2.57.